The maximum atomic E-state index is 12.3. The topological polar surface area (TPSA) is 64.4 Å². The quantitative estimate of drug-likeness (QED) is 0.837. The van der Waals surface area contributed by atoms with Gasteiger partial charge in [0, 0.05) is 12.1 Å². The van der Waals surface area contributed by atoms with Crippen molar-refractivity contribution in [2.24, 2.45) is 11.7 Å². The molecule has 2 aliphatic rings. The second kappa shape index (κ2) is 7.54. The van der Waals surface area contributed by atoms with E-state index in [-0.39, 0.29) is 18.3 Å². The number of rotatable bonds is 6. The largest absolute Gasteiger partial charge is 0.493 e. The smallest absolute Gasteiger partial charge is 0.240 e. The molecule has 23 heavy (non-hydrogen) atoms. The lowest BCUT2D eigenvalue weighted by atomic mass is 9.98. The molecule has 0 radical (unpaired) electrons. The van der Waals surface area contributed by atoms with Crippen LogP contribution in [0.1, 0.15) is 49.7 Å². The Bertz CT molecular complexity index is 552. The molecule has 3 N–H and O–H groups in total. The van der Waals surface area contributed by atoms with Gasteiger partial charge in [-0.1, -0.05) is 25.0 Å². The van der Waals surface area contributed by atoms with Gasteiger partial charge in [-0.3, -0.25) is 4.79 Å². The number of hydrogen-bond donors (Lipinski definition) is 2. The molecular formula is C18H27ClN2O2. The van der Waals surface area contributed by atoms with Crippen molar-refractivity contribution in [3.8, 4) is 5.75 Å². The maximum absolute atomic E-state index is 12.3. The van der Waals surface area contributed by atoms with Crippen LogP contribution in [-0.4, -0.2) is 18.1 Å². The molecule has 128 valence electrons. The van der Waals surface area contributed by atoms with Gasteiger partial charge in [-0.2, -0.15) is 0 Å². The fourth-order valence-corrected chi connectivity index (χ4v) is 3.02. The molecule has 1 aromatic carbocycles. The van der Waals surface area contributed by atoms with Crippen LogP contribution in [-0.2, 0) is 11.3 Å². The summed E-state index contributed by atoms with van der Waals surface area (Å²) in [6.07, 6.45) is 6.21. The highest BCUT2D eigenvalue weighted by Crippen LogP contribution is 2.31. The van der Waals surface area contributed by atoms with E-state index in [1.54, 1.807) is 0 Å². The van der Waals surface area contributed by atoms with Crippen LogP contribution in [0.4, 0.5) is 0 Å². The van der Waals surface area contributed by atoms with Crippen LogP contribution in [0.5, 0.6) is 5.75 Å². The zero-order valence-corrected chi connectivity index (χ0v) is 14.6. The van der Waals surface area contributed by atoms with Crippen LogP contribution in [0, 0.1) is 12.8 Å². The minimum Gasteiger partial charge on any atom is -0.493 e. The van der Waals surface area contributed by atoms with Crippen molar-refractivity contribution >= 4 is 18.3 Å². The molecule has 0 aromatic heterocycles. The van der Waals surface area contributed by atoms with Crippen LogP contribution < -0.4 is 15.8 Å². The van der Waals surface area contributed by atoms with Gasteiger partial charge in [0.2, 0.25) is 5.91 Å². The fraction of sp³-hybridized carbons (Fsp3) is 0.611. The van der Waals surface area contributed by atoms with Gasteiger partial charge < -0.3 is 15.8 Å². The first-order valence-corrected chi connectivity index (χ1v) is 8.36. The van der Waals surface area contributed by atoms with Gasteiger partial charge in [0.25, 0.3) is 0 Å². The summed E-state index contributed by atoms with van der Waals surface area (Å²) in [5.74, 6) is 1.58. The monoisotopic (exact) mass is 338 g/mol. The molecule has 0 saturated heterocycles. The van der Waals surface area contributed by atoms with E-state index in [2.05, 4.69) is 24.4 Å². The Labute approximate surface area is 144 Å². The first-order chi connectivity index (χ1) is 10.6. The molecule has 2 fully saturated rings. The first kappa shape index (κ1) is 18.1. The number of carbonyl (C=O) groups is 1. The lowest BCUT2D eigenvalue weighted by Crippen LogP contribution is -2.51. The number of nitrogens with two attached hydrogens (primary N) is 1. The van der Waals surface area contributed by atoms with E-state index < -0.39 is 5.54 Å². The Kier molecular flexibility index (Phi) is 5.93. The molecule has 0 heterocycles. The Morgan fingerprint density at radius 1 is 1.35 bits per heavy atom. The minimum atomic E-state index is -0.667. The van der Waals surface area contributed by atoms with E-state index in [1.165, 1.54) is 18.4 Å². The third-order valence-electron chi connectivity index (χ3n) is 4.78. The third kappa shape index (κ3) is 4.61. The molecule has 0 spiro atoms. The molecular weight excluding hydrogens is 312 g/mol. The van der Waals surface area contributed by atoms with E-state index >= 15 is 0 Å². The second-order valence-electron chi connectivity index (χ2n) is 6.91. The van der Waals surface area contributed by atoms with Gasteiger partial charge in [0.1, 0.15) is 5.75 Å². The average Bonchev–Trinajstić information content (AvgIpc) is 3.23. The molecule has 0 atom stereocenters. The molecule has 1 amide bonds. The van der Waals surface area contributed by atoms with Gasteiger partial charge in [-0.05, 0) is 50.2 Å². The number of ether oxygens (including phenoxy) is 1. The number of benzene rings is 1. The van der Waals surface area contributed by atoms with Crippen LogP contribution in [0.15, 0.2) is 18.2 Å². The van der Waals surface area contributed by atoms with Crippen molar-refractivity contribution in [1.82, 2.24) is 5.32 Å². The van der Waals surface area contributed by atoms with Gasteiger partial charge in [-0.25, -0.2) is 0 Å². The number of nitrogens with one attached hydrogen (secondary N) is 1. The highest BCUT2D eigenvalue weighted by atomic mass is 35.5. The Balaban J connectivity index is 0.00000192. The minimum absolute atomic E-state index is 0. The zero-order valence-electron chi connectivity index (χ0n) is 13.8. The second-order valence-corrected chi connectivity index (χ2v) is 6.91. The SMILES string of the molecule is Cc1ccc(CNC(=O)C2(N)CCCC2)c(OCC2CC2)c1.Cl. The molecule has 0 unspecified atom stereocenters. The van der Waals surface area contributed by atoms with E-state index in [9.17, 15) is 4.79 Å². The van der Waals surface area contributed by atoms with Crippen LogP contribution in [0.3, 0.4) is 0 Å². The lowest BCUT2D eigenvalue weighted by molar-refractivity contribution is -0.126. The van der Waals surface area contributed by atoms with Crippen LogP contribution in [0.2, 0.25) is 0 Å². The molecule has 0 aliphatic heterocycles. The first-order valence-electron chi connectivity index (χ1n) is 8.36. The Morgan fingerprint density at radius 3 is 2.70 bits per heavy atom. The van der Waals surface area contributed by atoms with Gasteiger partial charge in [0.15, 0.2) is 0 Å². The lowest BCUT2D eigenvalue weighted by Gasteiger charge is -2.22. The summed E-state index contributed by atoms with van der Waals surface area (Å²) in [4.78, 5) is 12.3. The number of amides is 1. The number of halogens is 1. The van der Waals surface area contributed by atoms with E-state index in [0.717, 1.165) is 43.6 Å². The molecule has 4 nitrogen and oxygen atoms in total. The molecule has 1 aromatic rings. The summed E-state index contributed by atoms with van der Waals surface area (Å²) < 4.78 is 5.94. The predicted molar refractivity (Wildman–Crippen MR) is 93.9 cm³/mol. The van der Waals surface area contributed by atoms with E-state index in [4.69, 9.17) is 10.5 Å². The summed E-state index contributed by atoms with van der Waals surface area (Å²) >= 11 is 0. The predicted octanol–water partition coefficient (Wildman–Crippen LogP) is 3.09. The van der Waals surface area contributed by atoms with Crippen molar-refractivity contribution in [1.29, 1.82) is 0 Å². The summed E-state index contributed by atoms with van der Waals surface area (Å²) in [7, 11) is 0. The molecule has 5 heteroatoms. The van der Waals surface area contributed by atoms with Crippen molar-refractivity contribution in [3.63, 3.8) is 0 Å². The molecule has 2 aliphatic carbocycles. The standard InChI is InChI=1S/C18H26N2O2.ClH/c1-13-4-7-15(16(10-13)22-12-14-5-6-14)11-20-17(21)18(19)8-2-3-9-18;/h4,7,10,14H,2-3,5-6,8-9,11-12,19H2,1H3,(H,20,21);1H. The number of aryl methyl sites for hydroxylation is 1. The Hall–Kier alpha value is -1.26. The Morgan fingerprint density at radius 2 is 2.04 bits per heavy atom. The molecule has 0 bridgehead atoms. The molecule has 3 rings (SSSR count). The van der Waals surface area contributed by atoms with Gasteiger partial charge >= 0.3 is 0 Å². The van der Waals surface area contributed by atoms with Gasteiger partial charge in [0.05, 0.1) is 12.1 Å². The van der Waals surface area contributed by atoms with Crippen LogP contribution in [0.25, 0.3) is 0 Å². The van der Waals surface area contributed by atoms with Crippen LogP contribution >= 0.6 is 12.4 Å². The van der Waals surface area contributed by atoms with Crippen molar-refractivity contribution in [3.05, 3.63) is 29.3 Å². The number of hydrogen-bond acceptors (Lipinski definition) is 3. The van der Waals surface area contributed by atoms with Crippen molar-refractivity contribution in [2.45, 2.75) is 57.5 Å². The summed E-state index contributed by atoms with van der Waals surface area (Å²) in [5.41, 5.74) is 7.73. The van der Waals surface area contributed by atoms with Crippen molar-refractivity contribution < 1.29 is 9.53 Å². The van der Waals surface area contributed by atoms with E-state index in [1.807, 2.05) is 6.07 Å². The van der Waals surface area contributed by atoms with E-state index in [0.29, 0.717) is 12.5 Å². The third-order valence-corrected chi connectivity index (χ3v) is 4.78. The van der Waals surface area contributed by atoms with Crippen molar-refractivity contribution in [2.75, 3.05) is 6.61 Å². The highest BCUT2D eigenvalue weighted by Gasteiger charge is 2.36. The normalized spacial score (nSPS) is 19.0. The van der Waals surface area contributed by atoms with Gasteiger partial charge in [-0.15, -0.1) is 12.4 Å². The molecule has 2 saturated carbocycles. The maximum Gasteiger partial charge on any atom is 0.240 e. The summed E-state index contributed by atoms with van der Waals surface area (Å²) in [5, 5.41) is 3.00. The average molecular weight is 339 g/mol. The summed E-state index contributed by atoms with van der Waals surface area (Å²) in [6, 6.07) is 6.15. The fourth-order valence-electron chi connectivity index (χ4n) is 3.02. The zero-order chi connectivity index (χ0) is 15.6. The highest BCUT2D eigenvalue weighted by molar-refractivity contribution is 5.86. The number of carbonyl (C=O) groups excluding carboxylic acids is 1. The summed E-state index contributed by atoms with van der Waals surface area (Å²) in [6.45, 7) is 3.32.